The van der Waals surface area contributed by atoms with E-state index in [1.165, 1.54) is 25.7 Å². The van der Waals surface area contributed by atoms with Gasteiger partial charge in [-0.05, 0) is 62.5 Å². The zero-order valence-electron chi connectivity index (χ0n) is 13.4. The van der Waals surface area contributed by atoms with Gasteiger partial charge in [-0.2, -0.15) is 4.31 Å². The first-order chi connectivity index (χ1) is 11.2. The zero-order valence-corrected chi connectivity index (χ0v) is 14.3. The van der Waals surface area contributed by atoms with E-state index in [4.69, 9.17) is 0 Å². The first-order valence-electron chi connectivity index (χ1n) is 8.88. The van der Waals surface area contributed by atoms with E-state index in [1.807, 2.05) is 0 Å². The van der Waals surface area contributed by atoms with Gasteiger partial charge in [0.15, 0.2) is 0 Å². The summed E-state index contributed by atoms with van der Waals surface area (Å²) in [5.41, 5.74) is 0. The van der Waals surface area contributed by atoms with Crippen LogP contribution in [0.15, 0.2) is 23.2 Å². The lowest BCUT2D eigenvalue weighted by molar-refractivity contribution is 0.346. The summed E-state index contributed by atoms with van der Waals surface area (Å²) in [5.74, 6) is 1.96. The number of pyridine rings is 1. The normalized spacial score (nSPS) is 23.2. The minimum Gasteiger partial charge on any atom is -0.366 e. The number of hydrogen-bond acceptors (Lipinski definition) is 4. The van der Waals surface area contributed by atoms with Crippen molar-refractivity contribution in [3.63, 3.8) is 0 Å². The molecule has 1 saturated heterocycles. The molecule has 4 rings (SSSR count). The fraction of sp³-hybridized carbons (Fsp3) is 0.706. The van der Waals surface area contributed by atoms with Gasteiger partial charge >= 0.3 is 0 Å². The van der Waals surface area contributed by atoms with Gasteiger partial charge in [-0.25, -0.2) is 13.4 Å². The molecule has 0 radical (unpaired) electrons. The Kier molecular flexibility index (Phi) is 4.05. The molecule has 3 fully saturated rings. The molecule has 2 saturated carbocycles. The molecule has 2 heterocycles. The number of nitrogens with zero attached hydrogens (tertiary/aromatic N) is 2. The molecule has 0 aromatic carbocycles. The monoisotopic (exact) mass is 335 g/mol. The Labute approximate surface area is 138 Å². The molecule has 0 bridgehead atoms. The van der Waals surface area contributed by atoms with Crippen molar-refractivity contribution in [2.75, 3.05) is 18.4 Å². The van der Waals surface area contributed by atoms with Crippen molar-refractivity contribution in [2.24, 2.45) is 11.8 Å². The van der Waals surface area contributed by atoms with Crippen molar-refractivity contribution in [3.05, 3.63) is 18.3 Å². The molecule has 23 heavy (non-hydrogen) atoms. The molecule has 5 nitrogen and oxygen atoms in total. The Balaban J connectivity index is 1.60. The third-order valence-electron chi connectivity index (χ3n) is 5.27. The maximum absolute atomic E-state index is 13.0. The number of piperidine rings is 1. The maximum atomic E-state index is 13.0. The smallest absolute Gasteiger partial charge is 0.246 e. The minimum absolute atomic E-state index is 0.355. The first kappa shape index (κ1) is 15.4. The number of nitrogens with one attached hydrogen (secondary N) is 1. The van der Waals surface area contributed by atoms with E-state index in [9.17, 15) is 8.42 Å². The second-order valence-corrected chi connectivity index (χ2v) is 9.07. The molecule has 0 spiro atoms. The highest BCUT2D eigenvalue weighted by atomic mass is 32.2. The van der Waals surface area contributed by atoms with Crippen molar-refractivity contribution < 1.29 is 8.42 Å². The number of anilines is 1. The fourth-order valence-corrected chi connectivity index (χ4v) is 5.26. The summed E-state index contributed by atoms with van der Waals surface area (Å²) in [6, 6.07) is 3.83. The molecule has 1 N–H and O–H groups in total. The second kappa shape index (κ2) is 6.06. The van der Waals surface area contributed by atoms with Gasteiger partial charge in [0.2, 0.25) is 10.0 Å². The van der Waals surface area contributed by atoms with Crippen LogP contribution < -0.4 is 5.32 Å². The van der Waals surface area contributed by atoms with Gasteiger partial charge in [0.05, 0.1) is 0 Å². The highest BCUT2D eigenvalue weighted by Crippen LogP contribution is 2.46. The summed E-state index contributed by atoms with van der Waals surface area (Å²) in [5, 5.41) is 3.50. The lowest BCUT2D eigenvalue weighted by Crippen LogP contribution is -2.36. The maximum Gasteiger partial charge on any atom is 0.246 e. The number of hydrogen-bond donors (Lipinski definition) is 1. The third kappa shape index (κ3) is 3.24. The minimum atomic E-state index is -3.44. The Morgan fingerprint density at radius 2 is 1.74 bits per heavy atom. The highest BCUT2D eigenvalue weighted by Gasteiger charge is 2.42. The zero-order chi connectivity index (χ0) is 15.9. The molecular weight excluding hydrogens is 310 g/mol. The van der Waals surface area contributed by atoms with Crippen LogP contribution >= 0.6 is 0 Å². The molecule has 1 aromatic rings. The van der Waals surface area contributed by atoms with E-state index < -0.39 is 10.0 Å². The predicted molar refractivity (Wildman–Crippen MR) is 89.7 cm³/mol. The van der Waals surface area contributed by atoms with Gasteiger partial charge in [0.1, 0.15) is 10.7 Å². The van der Waals surface area contributed by atoms with Crippen LogP contribution in [0.2, 0.25) is 0 Å². The van der Waals surface area contributed by atoms with Crippen LogP contribution in [0.3, 0.4) is 0 Å². The van der Waals surface area contributed by atoms with E-state index >= 15 is 0 Å². The molecule has 6 heteroatoms. The van der Waals surface area contributed by atoms with Crippen molar-refractivity contribution in [3.8, 4) is 0 Å². The van der Waals surface area contributed by atoms with Crippen LogP contribution in [0.4, 0.5) is 5.82 Å². The van der Waals surface area contributed by atoms with Crippen molar-refractivity contribution in [1.82, 2.24) is 9.29 Å². The van der Waals surface area contributed by atoms with Crippen molar-refractivity contribution in [1.29, 1.82) is 0 Å². The predicted octanol–water partition coefficient (Wildman–Crippen LogP) is 2.86. The molecule has 1 aromatic heterocycles. The van der Waals surface area contributed by atoms with E-state index in [0.717, 1.165) is 19.3 Å². The Morgan fingerprint density at radius 3 is 2.35 bits per heavy atom. The average molecular weight is 335 g/mol. The van der Waals surface area contributed by atoms with Crippen LogP contribution in [0.5, 0.6) is 0 Å². The van der Waals surface area contributed by atoms with E-state index in [2.05, 4.69) is 10.3 Å². The summed E-state index contributed by atoms with van der Waals surface area (Å²) in [6.45, 7) is 1.26. The molecule has 126 valence electrons. The van der Waals surface area contributed by atoms with Gasteiger partial charge in [-0.3, -0.25) is 0 Å². The molecule has 1 aliphatic heterocycles. The van der Waals surface area contributed by atoms with E-state index in [-0.39, 0.29) is 0 Å². The summed E-state index contributed by atoms with van der Waals surface area (Å²) in [6.07, 6.45) is 9.75. The largest absolute Gasteiger partial charge is 0.366 e. The fourth-order valence-electron chi connectivity index (χ4n) is 3.64. The van der Waals surface area contributed by atoms with Crippen molar-refractivity contribution in [2.45, 2.75) is 55.9 Å². The van der Waals surface area contributed by atoms with Gasteiger partial charge in [-0.1, -0.05) is 6.42 Å². The van der Waals surface area contributed by atoms with Crippen LogP contribution in [-0.2, 0) is 10.0 Å². The van der Waals surface area contributed by atoms with Crippen LogP contribution in [0.25, 0.3) is 0 Å². The average Bonchev–Trinajstić information content (AvgIpc) is 3.48. The van der Waals surface area contributed by atoms with Crippen LogP contribution in [0, 0.1) is 11.8 Å². The summed E-state index contributed by atoms with van der Waals surface area (Å²) in [4.78, 5) is 4.74. The molecular formula is C17H25N3O2S. The molecule has 2 aliphatic carbocycles. The summed E-state index contributed by atoms with van der Waals surface area (Å²) < 4.78 is 27.6. The second-order valence-electron chi connectivity index (χ2n) is 7.16. The summed E-state index contributed by atoms with van der Waals surface area (Å²) >= 11 is 0. The SMILES string of the molecule is O=S(=O)(c1cccnc1NC(C1CC1)C1CC1)N1CCCCC1. The van der Waals surface area contributed by atoms with Crippen LogP contribution in [0.1, 0.15) is 44.9 Å². The Morgan fingerprint density at radius 1 is 1.09 bits per heavy atom. The Hall–Kier alpha value is -1.14. The van der Waals surface area contributed by atoms with Crippen LogP contribution in [-0.4, -0.2) is 36.8 Å². The number of rotatable bonds is 6. The van der Waals surface area contributed by atoms with Gasteiger partial charge in [-0.15, -0.1) is 0 Å². The third-order valence-corrected chi connectivity index (χ3v) is 7.20. The van der Waals surface area contributed by atoms with Gasteiger partial charge in [0, 0.05) is 25.3 Å². The first-order valence-corrected chi connectivity index (χ1v) is 10.3. The number of sulfonamides is 1. The number of aromatic nitrogens is 1. The quantitative estimate of drug-likeness (QED) is 0.868. The Bertz CT molecular complexity index is 650. The highest BCUT2D eigenvalue weighted by molar-refractivity contribution is 7.89. The van der Waals surface area contributed by atoms with Gasteiger partial charge in [0.25, 0.3) is 0 Å². The van der Waals surface area contributed by atoms with Gasteiger partial charge < -0.3 is 5.32 Å². The molecule has 0 atom stereocenters. The van der Waals surface area contributed by atoms with E-state index in [1.54, 1.807) is 22.6 Å². The molecule has 0 amide bonds. The summed E-state index contributed by atoms with van der Waals surface area (Å²) in [7, 11) is -3.44. The van der Waals surface area contributed by atoms with Crippen molar-refractivity contribution >= 4 is 15.8 Å². The topological polar surface area (TPSA) is 62.3 Å². The lowest BCUT2D eigenvalue weighted by atomic mass is 10.1. The van der Waals surface area contributed by atoms with E-state index in [0.29, 0.717) is 41.7 Å². The molecule has 3 aliphatic rings. The molecule has 0 unspecified atom stereocenters. The standard InChI is InChI=1S/C17H25N3O2S/c21-23(22,20-11-2-1-3-12-20)15-5-4-10-18-17(15)19-16(13-6-7-13)14-8-9-14/h4-5,10,13-14,16H,1-3,6-9,11-12H2,(H,18,19). The lowest BCUT2D eigenvalue weighted by Gasteiger charge is -2.27.